The van der Waals surface area contributed by atoms with Crippen LogP contribution in [0.25, 0.3) is 10.8 Å². The van der Waals surface area contributed by atoms with Crippen molar-refractivity contribution in [2.45, 2.75) is 38.8 Å². The van der Waals surface area contributed by atoms with Crippen LogP contribution in [0.5, 0.6) is 0 Å². The zero-order valence-electron chi connectivity index (χ0n) is 16.4. The molecule has 28 heavy (non-hydrogen) atoms. The number of likely N-dealkylation sites (tertiary alicyclic amines) is 1. The molecule has 0 atom stereocenters. The Morgan fingerprint density at radius 1 is 0.893 bits per heavy atom. The number of nitrogens with one attached hydrogen (secondary N) is 1. The van der Waals surface area contributed by atoms with Gasteiger partial charge in [-0.15, -0.1) is 0 Å². The summed E-state index contributed by atoms with van der Waals surface area (Å²) >= 11 is 0. The van der Waals surface area contributed by atoms with Crippen LogP contribution in [0.1, 0.15) is 36.0 Å². The van der Waals surface area contributed by atoms with Crippen LogP contribution < -0.4 is 5.32 Å². The molecule has 1 aliphatic rings. The van der Waals surface area contributed by atoms with E-state index in [2.05, 4.69) is 76.9 Å². The maximum absolute atomic E-state index is 12.4. The highest BCUT2D eigenvalue weighted by molar-refractivity contribution is 5.86. The summed E-state index contributed by atoms with van der Waals surface area (Å²) in [7, 11) is 0. The van der Waals surface area contributed by atoms with Crippen molar-refractivity contribution in [3.05, 3.63) is 83.4 Å². The van der Waals surface area contributed by atoms with Gasteiger partial charge in [0.1, 0.15) is 0 Å². The lowest BCUT2D eigenvalue weighted by molar-refractivity contribution is -0.121. The van der Waals surface area contributed by atoms with Crippen LogP contribution in [0.4, 0.5) is 0 Å². The van der Waals surface area contributed by atoms with E-state index in [1.807, 2.05) is 0 Å². The summed E-state index contributed by atoms with van der Waals surface area (Å²) in [6.07, 6.45) is 3.91. The molecule has 144 valence electrons. The Bertz CT molecular complexity index is 939. The Balaban J connectivity index is 1.29. The van der Waals surface area contributed by atoms with Gasteiger partial charge in [-0.25, -0.2) is 0 Å². The number of carbonyl (C=O) groups excluding carboxylic acids is 1. The molecule has 0 aliphatic carbocycles. The van der Waals surface area contributed by atoms with Crippen LogP contribution >= 0.6 is 0 Å². The summed E-state index contributed by atoms with van der Waals surface area (Å²) in [6, 6.07) is 23.3. The molecule has 0 unspecified atom stereocenters. The van der Waals surface area contributed by atoms with Crippen molar-refractivity contribution in [2.24, 2.45) is 0 Å². The molecule has 3 aromatic rings. The molecular weight excluding hydrogens is 344 g/mol. The van der Waals surface area contributed by atoms with Crippen molar-refractivity contribution < 1.29 is 4.79 Å². The number of fused-ring (bicyclic) bond motifs is 1. The number of rotatable bonds is 7. The molecule has 0 aromatic heterocycles. The van der Waals surface area contributed by atoms with E-state index in [1.165, 1.54) is 53.4 Å². The molecule has 1 saturated heterocycles. The first-order valence-corrected chi connectivity index (χ1v) is 10.3. The normalized spacial score (nSPS) is 14.4. The summed E-state index contributed by atoms with van der Waals surface area (Å²) in [5.41, 5.74) is 3.75. The lowest BCUT2D eigenvalue weighted by Gasteiger charge is -2.15. The minimum Gasteiger partial charge on any atom is -0.352 e. The third-order valence-corrected chi connectivity index (χ3v) is 5.59. The Hall–Kier alpha value is -2.65. The fourth-order valence-corrected chi connectivity index (χ4v) is 4.08. The monoisotopic (exact) mass is 372 g/mol. The molecule has 4 rings (SSSR count). The van der Waals surface area contributed by atoms with Gasteiger partial charge >= 0.3 is 0 Å². The van der Waals surface area contributed by atoms with E-state index in [4.69, 9.17) is 0 Å². The molecule has 1 N–H and O–H groups in total. The van der Waals surface area contributed by atoms with Gasteiger partial charge in [0.15, 0.2) is 0 Å². The molecule has 3 nitrogen and oxygen atoms in total. The predicted molar refractivity (Wildman–Crippen MR) is 115 cm³/mol. The smallest absolute Gasteiger partial charge is 0.220 e. The SMILES string of the molecule is O=C(CCc1cccc2ccccc12)NCc1cccc(CN2CCCC2)c1. The first-order chi connectivity index (χ1) is 13.8. The number of hydrogen-bond acceptors (Lipinski definition) is 2. The van der Waals surface area contributed by atoms with E-state index >= 15 is 0 Å². The molecule has 3 heteroatoms. The fraction of sp³-hybridized carbons (Fsp3) is 0.320. The second-order valence-corrected chi connectivity index (χ2v) is 7.72. The summed E-state index contributed by atoms with van der Waals surface area (Å²) in [5.74, 6) is 0.109. The molecule has 0 bridgehead atoms. The van der Waals surface area contributed by atoms with Gasteiger partial charge in [0.25, 0.3) is 0 Å². The van der Waals surface area contributed by atoms with Gasteiger partial charge in [-0.1, -0.05) is 66.7 Å². The van der Waals surface area contributed by atoms with Crippen molar-refractivity contribution in [1.82, 2.24) is 10.2 Å². The van der Waals surface area contributed by atoms with Crippen LogP contribution in [0.15, 0.2) is 66.7 Å². The van der Waals surface area contributed by atoms with Crippen molar-refractivity contribution in [3.8, 4) is 0 Å². The van der Waals surface area contributed by atoms with Gasteiger partial charge in [-0.3, -0.25) is 9.69 Å². The summed E-state index contributed by atoms with van der Waals surface area (Å²) < 4.78 is 0. The van der Waals surface area contributed by atoms with Gasteiger partial charge in [0.05, 0.1) is 0 Å². The molecular formula is C25H28N2O. The van der Waals surface area contributed by atoms with E-state index in [-0.39, 0.29) is 5.91 Å². The second kappa shape index (κ2) is 9.03. The van der Waals surface area contributed by atoms with Gasteiger partial charge in [0, 0.05) is 19.5 Å². The van der Waals surface area contributed by atoms with Crippen molar-refractivity contribution in [2.75, 3.05) is 13.1 Å². The summed E-state index contributed by atoms with van der Waals surface area (Å²) in [6.45, 7) is 4.02. The van der Waals surface area contributed by atoms with Gasteiger partial charge in [0.2, 0.25) is 5.91 Å². The largest absolute Gasteiger partial charge is 0.352 e. The zero-order valence-corrected chi connectivity index (χ0v) is 16.4. The van der Waals surface area contributed by atoms with Crippen LogP contribution in [0.3, 0.4) is 0 Å². The second-order valence-electron chi connectivity index (χ2n) is 7.72. The van der Waals surface area contributed by atoms with Crippen LogP contribution in [0.2, 0.25) is 0 Å². The molecule has 0 saturated carbocycles. The maximum Gasteiger partial charge on any atom is 0.220 e. The predicted octanol–water partition coefficient (Wildman–Crippen LogP) is 4.68. The average Bonchev–Trinajstić information content (AvgIpc) is 3.24. The van der Waals surface area contributed by atoms with E-state index in [0.717, 1.165) is 13.0 Å². The van der Waals surface area contributed by atoms with Crippen molar-refractivity contribution >= 4 is 16.7 Å². The molecule has 1 aliphatic heterocycles. The highest BCUT2D eigenvalue weighted by Crippen LogP contribution is 2.19. The Kier molecular flexibility index (Phi) is 6.03. The molecule has 1 amide bonds. The Morgan fingerprint density at radius 3 is 2.54 bits per heavy atom. The lowest BCUT2D eigenvalue weighted by Crippen LogP contribution is -2.23. The summed E-state index contributed by atoms with van der Waals surface area (Å²) in [4.78, 5) is 14.9. The van der Waals surface area contributed by atoms with Crippen molar-refractivity contribution in [1.29, 1.82) is 0 Å². The topological polar surface area (TPSA) is 32.3 Å². The fourth-order valence-electron chi connectivity index (χ4n) is 4.08. The minimum atomic E-state index is 0.109. The van der Waals surface area contributed by atoms with Crippen LogP contribution in [-0.4, -0.2) is 23.9 Å². The van der Waals surface area contributed by atoms with Crippen molar-refractivity contribution in [3.63, 3.8) is 0 Å². The zero-order chi connectivity index (χ0) is 19.2. The minimum absolute atomic E-state index is 0.109. The van der Waals surface area contributed by atoms with E-state index in [0.29, 0.717) is 13.0 Å². The van der Waals surface area contributed by atoms with E-state index < -0.39 is 0 Å². The van der Waals surface area contributed by atoms with Gasteiger partial charge < -0.3 is 5.32 Å². The third kappa shape index (κ3) is 4.79. The standard InChI is InChI=1S/C25H28N2O/c28-25(14-13-23-11-6-10-22-9-1-2-12-24(22)23)26-18-20-7-5-8-21(17-20)19-27-15-3-4-16-27/h1-2,5-12,17H,3-4,13-16,18-19H2,(H,26,28). The molecule has 0 radical (unpaired) electrons. The number of nitrogens with zero attached hydrogens (tertiary/aromatic N) is 1. The van der Waals surface area contributed by atoms with E-state index in [1.54, 1.807) is 0 Å². The lowest BCUT2D eigenvalue weighted by atomic mass is 10.0. The highest BCUT2D eigenvalue weighted by Gasteiger charge is 2.12. The molecule has 1 fully saturated rings. The number of benzene rings is 3. The highest BCUT2D eigenvalue weighted by atomic mass is 16.1. The Morgan fingerprint density at radius 2 is 1.64 bits per heavy atom. The quantitative estimate of drug-likeness (QED) is 0.653. The number of carbonyl (C=O) groups is 1. The summed E-state index contributed by atoms with van der Waals surface area (Å²) in [5, 5.41) is 5.56. The van der Waals surface area contributed by atoms with Gasteiger partial charge in [-0.05, 0) is 59.8 Å². The maximum atomic E-state index is 12.4. The van der Waals surface area contributed by atoms with Crippen LogP contribution in [-0.2, 0) is 24.3 Å². The third-order valence-electron chi connectivity index (χ3n) is 5.59. The molecule has 0 spiro atoms. The number of aryl methyl sites for hydroxylation is 1. The number of amides is 1. The molecule has 3 aromatic carbocycles. The number of hydrogen-bond donors (Lipinski definition) is 1. The van der Waals surface area contributed by atoms with Gasteiger partial charge in [-0.2, -0.15) is 0 Å². The first kappa shape index (κ1) is 18.7. The van der Waals surface area contributed by atoms with Crippen LogP contribution in [0, 0.1) is 0 Å². The first-order valence-electron chi connectivity index (χ1n) is 10.3. The average molecular weight is 373 g/mol. The van der Waals surface area contributed by atoms with E-state index in [9.17, 15) is 4.79 Å². The Labute approximate surface area is 167 Å². The molecule has 1 heterocycles.